The normalized spacial score (nSPS) is 14.6. The molecule has 0 saturated heterocycles. The Labute approximate surface area is 96.4 Å². The van der Waals surface area contributed by atoms with E-state index in [2.05, 4.69) is 21.3 Å². The molecule has 0 bridgehead atoms. The Morgan fingerprint density at radius 1 is 1.31 bits per heavy atom. The maximum Gasteiger partial charge on any atom is 0.240 e. The summed E-state index contributed by atoms with van der Waals surface area (Å²) in [5.41, 5.74) is 0. The molecule has 0 atom stereocenters. The van der Waals surface area contributed by atoms with Gasteiger partial charge in [-0.05, 0) is 12.8 Å². The van der Waals surface area contributed by atoms with E-state index in [1.807, 2.05) is 0 Å². The molecule has 16 heavy (non-hydrogen) atoms. The van der Waals surface area contributed by atoms with Crippen LogP contribution in [0.15, 0.2) is 22.6 Å². The summed E-state index contributed by atoms with van der Waals surface area (Å²) < 4.78 is 24.9. The van der Waals surface area contributed by atoms with E-state index in [0.29, 0.717) is 6.54 Å². The van der Waals surface area contributed by atoms with Gasteiger partial charge < -0.3 is 0 Å². The number of rotatable bonds is 8. The topological polar surface area (TPSA) is 70.9 Å². The van der Waals surface area contributed by atoms with Crippen molar-refractivity contribution >= 4 is 22.5 Å². The molecular weight excluding hydrogens is 226 g/mol. The minimum atomic E-state index is -3.17. The Morgan fingerprint density at radius 2 is 2.00 bits per heavy atom. The molecule has 0 unspecified atom stereocenters. The molecule has 1 aliphatic rings. The van der Waals surface area contributed by atoms with Crippen molar-refractivity contribution in [3.05, 3.63) is 18.8 Å². The Morgan fingerprint density at radius 3 is 2.62 bits per heavy atom. The largest absolute Gasteiger partial charge is 0.240 e. The number of aliphatic imine (C=N–C) groups is 2. The highest BCUT2D eigenvalue weighted by Crippen LogP contribution is 2.15. The lowest BCUT2D eigenvalue weighted by Gasteiger charge is -2.03. The zero-order valence-electron chi connectivity index (χ0n) is 9.09. The molecule has 0 amide bonds. The van der Waals surface area contributed by atoms with Crippen LogP contribution < -0.4 is 4.72 Å². The van der Waals surface area contributed by atoms with Crippen LogP contribution in [0.1, 0.15) is 19.3 Å². The van der Waals surface area contributed by atoms with Crippen molar-refractivity contribution in [2.75, 3.05) is 12.3 Å². The van der Waals surface area contributed by atoms with E-state index in [9.17, 15) is 8.42 Å². The Kier molecular flexibility index (Phi) is 5.21. The lowest BCUT2D eigenvalue weighted by molar-refractivity contribution is 0.577. The second-order valence-electron chi connectivity index (χ2n) is 3.39. The molecule has 0 fully saturated rings. The first-order valence-corrected chi connectivity index (χ1v) is 6.80. The SMILES string of the molecule is C=CCS(=O)(=O)NCCCC[C+]1N=CC=N1. The van der Waals surface area contributed by atoms with Crippen molar-refractivity contribution in [2.45, 2.75) is 19.3 Å². The van der Waals surface area contributed by atoms with Crippen LogP contribution in [0.4, 0.5) is 0 Å². The molecule has 0 aliphatic carbocycles. The highest BCUT2D eigenvalue weighted by atomic mass is 32.2. The second kappa shape index (κ2) is 6.44. The van der Waals surface area contributed by atoms with Crippen molar-refractivity contribution in [3.63, 3.8) is 0 Å². The number of hydrogen-bond acceptors (Lipinski definition) is 4. The van der Waals surface area contributed by atoms with Crippen molar-refractivity contribution in [2.24, 2.45) is 9.98 Å². The third-order valence-corrected chi connectivity index (χ3v) is 3.32. The summed E-state index contributed by atoms with van der Waals surface area (Å²) in [5.74, 6) is -0.0288. The van der Waals surface area contributed by atoms with Gasteiger partial charge in [0.25, 0.3) is 0 Å². The first-order chi connectivity index (χ1) is 7.64. The molecule has 1 N–H and O–H groups in total. The number of nitrogens with one attached hydrogen (secondary N) is 1. The molecule has 0 aromatic heterocycles. The van der Waals surface area contributed by atoms with Crippen molar-refractivity contribution < 1.29 is 8.42 Å². The van der Waals surface area contributed by atoms with Gasteiger partial charge in [0.2, 0.25) is 16.2 Å². The summed E-state index contributed by atoms with van der Waals surface area (Å²) in [6.45, 7) is 3.84. The average Bonchev–Trinajstić information content (AvgIpc) is 2.69. The molecule has 0 aromatic rings. The highest BCUT2D eigenvalue weighted by Gasteiger charge is 2.14. The fourth-order valence-electron chi connectivity index (χ4n) is 1.25. The molecule has 0 aromatic carbocycles. The van der Waals surface area contributed by atoms with Gasteiger partial charge in [0.1, 0.15) is 0 Å². The van der Waals surface area contributed by atoms with Gasteiger partial charge in [0.05, 0.1) is 12.2 Å². The number of nitrogens with zero attached hydrogens (tertiary/aromatic N) is 2. The van der Waals surface area contributed by atoms with Gasteiger partial charge in [-0.15, -0.1) is 6.58 Å². The first-order valence-electron chi connectivity index (χ1n) is 5.15. The lowest BCUT2D eigenvalue weighted by Crippen LogP contribution is -2.26. The van der Waals surface area contributed by atoms with E-state index < -0.39 is 10.0 Å². The van der Waals surface area contributed by atoms with E-state index in [1.165, 1.54) is 6.08 Å². The monoisotopic (exact) mass is 242 g/mol. The Balaban J connectivity index is 2.05. The van der Waals surface area contributed by atoms with Crippen LogP contribution in [0.2, 0.25) is 0 Å². The molecule has 0 radical (unpaired) electrons. The highest BCUT2D eigenvalue weighted by molar-refractivity contribution is 7.89. The van der Waals surface area contributed by atoms with E-state index in [4.69, 9.17) is 0 Å². The molecule has 1 rings (SSSR count). The summed E-state index contributed by atoms with van der Waals surface area (Å²) in [6.07, 6.45) is 7.94. The van der Waals surface area contributed by atoms with E-state index in [1.54, 1.807) is 12.4 Å². The molecular formula is C10H16N3O2S+. The van der Waals surface area contributed by atoms with Crippen molar-refractivity contribution in [1.82, 2.24) is 4.72 Å². The minimum Gasteiger partial charge on any atom is -0.215 e. The van der Waals surface area contributed by atoms with Crippen molar-refractivity contribution in [1.29, 1.82) is 0 Å². The number of unbranched alkanes of at least 4 members (excludes halogenated alkanes) is 1. The third-order valence-electron chi connectivity index (χ3n) is 2.00. The fraction of sp³-hybridized carbons (Fsp3) is 0.500. The summed E-state index contributed by atoms with van der Waals surface area (Å²) in [7, 11) is -3.17. The average molecular weight is 242 g/mol. The van der Waals surface area contributed by atoms with E-state index >= 15 is 0 Å². The third kappa shape index (κ3) is 5.09. The van der Waals surface area contributed by atoms with Crippen molar-refractivity contribution in [3.8, 4) is 0 Å². The van der Waals surface area contributed by atoms with Gasteiger partial charge >= 0.3 is 0 Å². The molecule has 0 spiro atoms. The molecule has 5 nitrogen and oxygen atoms in total. The summed E-state index contributed by atoms with van der Waals surface area (Å²) >= 11 is 0. The summed E-state index contributed by atoms with van der Waals surface area (Å²) in [6, 6.07) is 0. The van der Waals surface area contributed by atoms with Crippen LogP contribution in [0.5, 0.6) is 0 Å². The van der Waals surface area contributed by atoms with Crippen LogP contribution in [0.3, 0.4) is 0 Å². The Hall–Kier alpha value is -1.14. The van der Waals surface area contributed by atoms with Gasteiger partial charge in [0, 0.05) is 6.54 Å². The molecule has 0 saturated carbocycles. The van der Waals surface area contributed by atoms with Gasteiger partial charge in [-0.3, -0.25) is 0 Å². The van der Waals surface area contributed by atoms with Crippen LogP contribution >= 0.6 is 0 Å². The summed E-state index contributed by atoms with van der Waals surface area (Å²) in [5, 5.41) is 0. The zero-order chi connectivity index (χ0) is 11.9. The second-order valence-corrected chi connectivity index (χ2v) is 5.25. The van der Waals surface area contributed by atoms with E-state index in [-0.39, 0.29) is 5.75 Å². The molecule has 6 heteroatoms. The quantitative estimate of drug-likeness (QED) is 0.390. The smallest absolute Gasteiger partial charge is 0.215 e. The Bertz CT molecular complexity index is 362. The fourth-order valence-corrected chi connectivity index (χ4v) is 2.13. The van der Waals surface area contributed by atoms with Gasteiger partial charge in [0.15, 0.2) is 12.4 Å². The number of hydrogen-bond donors (Lipinski definition) is 1. The standard InChI is InChI=1S/C10H16N3O2S/c1-2-9-16(14,15)13-6-4-3-5-10-11-7-8-12-10/h2,7-8,13H,1,3-6,9H2/q+1. The van der Waals surface area contributed by atoms with Gasteiger partial charge in [-0.2, -0.15) is 0 Å². The zero-order valence-corrected chi connectivity index (χ0v) is 9.91. The maximum atomic E-state index is 11.2. The molecule has 1 aliphatic heterocycles. The minimum absolute atomic E-state index is 0.0288. The van der Waals surface area contributed by atoms with Crippen LogP contribution in [0.25, 0.3) is 0 Å². The predicted octanol–water partition coefficient (Wildman–Crippen LogP) is 0.907. The van der Waals surface area contributed by atoms with Gasteiger partial charge in [-0.1, -0.05) is 16.1 Å². The first kappa shape index (κ1) is 12.9. The predicted molar refractivity (Wildman–Crippen MR) is 66.1 cm³/mol. The number of sulfonamides is 1. The van der Waals surface area contributed by atoms with Crippen LogP contribution in [-0.4, -0.2) is 33.1 Å². The summed E-state index contributed by atoms with van der Waals surface area (Å²) in [4.78, 5) is 8.06. The molecule has 88 valence electrons. The lowest BCUT2D eigenvalue weighted by atomic mass is 10.2. The van der Waals surface area contributed by atoms with Crippen LogP contribution in [-0.2, 0) is 10.0 Å². The molecule has 1 heterocycles. The van der Waals surface area contributed by atoms with Crippen LogP contribution in [0, 0.1) is 6.17 Å². The maximum absolute atomic E-state index is 11.2. The van der Waals surface area contributed by atoms with Gasteiger partial charge in [-0.25, -0.2) is 13.1 Å². The van der Waals surface area contributed by atoms with E-state index in [0.717, 1.165) is 25.4 Å².